The molecule has 23 heavy (non-hydrogen) atoms. The Kier molecular flexibility index (Phi) is 5.74. The molecule has 0 radical (unpaired) electrons. The number of ether oxygens (including phenoxy) is 1. The highest BCUT2D eigenvalue weighted by Crippen LogP contribution is 2.19. The third-order valence-corrected chi connectivity index (χ3v) is 3.58. The van der Waals surface area contributed by atoms with Crippen molar-refractivity contribution in [2.24, 2.45) is 0 Å². The largest absolute Gasteiger partial charge is 0.480 e. The van der Waals surface area contributed by atoms with Crippen LogP contribution in [0.4, 0.5) is 4.79 Å². The van der Waals surface area contributed by atoms with Crippen molar-refractivity contribution in [1.29, 1.82) is 0 Å². The highest BCUT2D eigenvalue weighted by atomic mass is 16.5. The van der Waals surface area contributed by atoms with Gasteiger partial charge in [-0.05, 0) is 11.1 Å². The van der Waals surface area contributed by atoms with Gasteiger partial charge in [0, 0.05) is 5.92 Å². The number of hydrogen-bond acceptors (Lipinski definition) is 3. The summed E-state index contributed by atoms with van der Waals surface area (Å²) >= 11 is 0. The van der Waals surface area contributed by atoms with Gasteiger partial charge in [0.1, 0.15) is 12.6 Å². The Hall–Kier alpha value is -2.82. The fraction of sp³-hybridized carbons (Fsp3) is 0.222. The molecule has 0 aliphatic carbocycles. The van der Waals surface area contributed by atoms with Crippen LogP contribution in [0, 0.1) is 0 Å². The quantitative estimate of drug-likeness (QED) is 0.859. The SMILES string of the molecule is C[C@H](c1ccccc1)[C@H](NC(=O)OCc1ccccc1)C(=O)O. The summed E-state index contributed by atoms with van der Waals surface area (Å²) in [5.41, 5.74) is 1.67. The molecule has 0 heterocycles. The summed E-state index contributed by atoms with van der Waals surface area (Å²) < 4.78 is 5.08. The van der Waals surface area contributed by atoms with Crippen molar-refractivity contribution < 1.29 is 19.4 Å². The van der Waals surface area contributed by atoms with Gasteiger partial charge in [0.2, 0.25) is 0 Å². The van der Waals surface area contributed by atoms with Gasteiger partial charge in [-0.15, -0.1) is 0 Å². The summed E-state index contributed by atoms with van der Waals surface area (Å²) in [4.78, 5) is 23.3. The van der Waals surface area contributed by atoms with Gasteiger partial charge in [-0.3, -0.25) is 0 Å². The highest BCUT2D eigenvalue weighted by molar-refractivity contribution is 5.81. The fourth-order valence-corrected chi connectivity index (χ4v) is 2.24. The molecule has 1 amide bonds. The Balaban J connectivity index is 1.96. The van der Waals surface area contributed by atoms with E-state index < -0.39 is 18.1 Å². The van der Waals surface area contributed by atoms with Gasteiger partial charge in [-0.25, -0.2) is 9.59 Å². The number of carboxylic acids is 1. The Labute approximate surface area is 134 Å². The molecule has 0 aromatic heterocycles. The van der Waals surface area contributed by atoms with E-state index in [9.17, 15) is 14.7 Å². The zero-order chi connectivity index (χ0) is 16.7. The fourth-order valence-electron chi connectivity index (χ4n) is 2.24. The van der Waals surface area contributed by atoms with Crippen molar-refractivity contribution >= 4 is 12.1 Å². The van der Waals surface area contributed by atoms with E-state index in [4.69, 9.17) is 4.74 Å². The molecule has 0 saturated heterocycles. The highest BCUT2D eigenvalue weighted by Gasteiger charge is 2.28. The molecule has 0 fully saturated rings. The van der Waals surface area contributed by atoms with Crippen molar-refractivity contribution in [1.82, 2.24) is 5.32 Å². The summed E-state index contributed by atoms with van der Waals surface area (Å²) in [6.45, 7) is 1.85. The zero-order valence-corrected chi connectivity index (χ0v) is 12.8. The first-order chi connectivity index (χ1) is 11.1. The Morgan fingerprint density at radius 3 is 2.17 bits per heavy atom. The summed E-state index contributed by atoms with van der Waals surface area (Å²) in [6, 6.07) is 17.3. The van der Waals surface area contributed by atoms with Gasteiger partial charge in [-0.2, -0.15) is 0 Å². The van der Waals surface area contributed by atoms with Crippen molar-refractivity contribution in [3.05, 3.63) is 71.8 Å². The van der Waals surface area contributed by atoms with E-state index in [0.717, 1.165) is 11.1 Å². The second-order valence-corrected chi connectivity index (χ2v) is 5.22. The van der Waals surface area contributed by atoms with Gasteiger partial charge >= 0.3 is 12.1 Å². The van der Waals surface area contributed by atoms with Crippen molar-refractivity contribution in [2.75, 3.05) is 0 Å². The Morgan fingerprint density at radius 2 is 1.61 bits per heavy atom. The average molecular weight is 313 g/mol. The maximum absolute atomic E-state index is 11.9. The lowest BCUT2D eigenvalue weighted by Gasteiger charge is -2.21. The van der Waals surface area contributed by atoms with E-state index in [1.807, 2.05) is 60.7 Å². The lowest BCUT2D eigenvalue weighted by Crippen LogP contribution is -2.44. The van der Waals surface area contributed by atoms with Gasteiger partial charge in [0.15, 0.2) is 0 Å². The number of rotatable bonds is 6. The third-order valence-electron chi connectivity index (χ3n) is 3.58. The van der Waals surface area contributed by atoms with E-state index in [-0.39, 0.29) is 12.5 Å². The molecule has 2 atom stereocenters. The number of benzene rings is 2. The third kappa shape index (κ3) is 4.85. The second kappa shape index (κ2) is 7.98. The molecule has 0 spiro atoms. The minimum absolute atomic E-state index is 0.0960. The minimum Gasteiger partial charge on any atom is -0.480 e. The number of carbonyl (C=O) groups is 2. The molecule has 5 heteroatoms. The number of nitrogens with one attached hydrogen (secondary N) is 1. The van der Waals surface area contributed by atoms with Crippen LogP contribution in [0.15, 0.2) is 60.7 Å². The molecule has 5 nitrogen and oxygen atoms in total. The maximum Gasteiger partial charge on any atom is 0.408 e. The maximum atomic E-state index is 11.9. The van der Waals surface area contributed by atoms with Crippen LogP contribution in [0.25, 0.3) is 0 Å². The Bertz CT molecular complexity index is 643. The second-order valence-electron chi connectivity index (χ2n) is 5.22. The molecule has 2 aromatic rings. The number of carbonyl (C=O) groups excluding carboxylic acids is 1. The lowest BCUT2D eigenvalue weighted by molar-refractivity contribution is -0.139. The minimum atomic E-state index is -1.10. The molecule has 0 aliphatic rings. The number of carboxylic acid groups (broad SMARTS) is 1. The molecular formula is C18H19NO4. The van der Waals surface area contributed by atoms with Crippen LogP contribution < -0.4 is 5.32 Å². The number of amides is 1. The molecule has 0 saturated carbocycles. The van der Waals surface area contributed by atoms with Crippen LogP contribution in [-0.4, -0.2) is 23.2 Å². The summed E-state index contributed by atoms with van der Waals surface area (Å²) in [5, 5.41) is 11.8. The van der Waals surface area contributed by atoms with Gasteiger partial charge in [0.05, 0.1) is 0 Å². The smallest absolute Gasteiger partial charge is 0.408 e. The van der Waals surface area contributed by atoms with Gasteiger partial charge in [-0.1, -0.05) is 67.6 Å². The summed E-state index contributed by atoms with van der Waals surface area (Å²) in [7, 11) is 0. The normalized spacial score (nSPS) is 12.9. The molecular weight excluding hydrogens is 294 g/mol. The van der Waals surface area contributed by atoms with Gasteiger partial charge in [0.25, 0.3) is 0 Å². The molecule has 0 unspecified atom stereocenters. The predicted molar refractivity (Wildman–Crippen MR) is 86.0 cm³/mol. The van der Waals surface area contributed by atoms with Crippen molar-refractivity contribution in [3.8, 4) is 0 Å². The number of hydrogen-bond donors (Lipinski definition) is 2. The van der Waals surface area contributed by atoms with E-state index in [1.165, 1.54) is 0 Å². The topological polar surface area (TPSA) is 75.6 Å². The van der Waals surface area contributed by atoms with Crippen LogP contribution in [0.1, 0.15) is 24.0 Å². The molecule has 120 valence electrons. The van der Waals surface area contributed by atoms with E-state index in [1.54, 1.807) is 6.92 Å². The molecule has 2 aromatic carbocycles. The molecule has 0 bridgehead atoms. The standard InChI is InChI=1S/C18H19NO4/c1-13(15-10-6-3-7-11-15)16(17(20)21)19-18(22)23-12-14-8-4-2-5-9-14/h2-11,13,16H,12H2,1H3,(H,19,22)(H,20,21)/t13-,16+/m1/s1. The number of aliphatic carboxylic acids is 1. The number of alkyl carbamates (subject to hydrolysis) is 1. The van der Waals surface area contributed by atoms with Crippen LogP contribution in [0.2, 0.25) is 0 Å². The van der Waals surface area contributed by atoms with Crippen LogP contribution >= 0.6 is 0 Å². The monoisotopic (exact) mass is 313 g/mol. The van der Waals surface area contributed by atoms with Gasteiger partial charge < -0.3 is 15.2 Å². The van der Waals surface area contributed by atoms with Crippen molar-refractivity contribution in [2.45, 2.75) is 25.5 Å². The van der Waals surface area contributed by atoms with E-state index >= 15 is 0 Å². The zero-order valence-electron chi connectivity index (χ0n) is 12.8. The first kappa shape index (κ1) is 16.5. The molecule has 2 N–H and O–H groups in total. The first-order valence-corrected chi connectivity index (χ1v) is 7.33. The first-order valence-electron chi connectivity index (χ1n) is 7.33. The molecule has 2 rings (SSSR count). The van der Waals surface area contributed by atoms with Crippen LogP contribution in [-0.2, 0) is 16.1 Å². The van der Waals surface area contributed by atoms with Crippen LogP contribution in [0.3, 0.4) is 0 Å². The summed E-state index contributed by atoms with van der Waals surface area (Å²) in [6.07, 6.45) is -0.746. The Morgan fingerprint density at radius 1 is 1.04 bits per heavy atom. The average Bonchev–Trinajstić information content (AvgIpc) is 2.58. The van der Waals surface area contributed by atoms with E-state index in [0.29, 0.717) is 0 Å². The van der Waals surface area contributed by atoms with E-state index in [2.05, 4.69) is 5.32 Å². The lowest BCUT2D eigenvalue weighted by atomic mass is 9.93. The predicted octanol–water partition coefficient (Wildman–Crippen LogP) is 3.17. The van der Waals surface area contributed by atoms with Crippen LogP contribution in [0.5, 0.6) is 0 Å². The van der Waals surface area contributed by atoms with Crippen molar-refractivity contribution in [3.63, 3.8) is 0 Å². The molecule has 0 aliphatic heterocycles. The summed E-state index contributed by atoms with van der Waals surface area (Å²) in [5.74, 6) is -1.48.